The first kappa shape index (κ1) is 20.9. The molecule has 8 nitrogen and oxygen atoms in total. The van der Waals surface area contributed by atoms with Gasteiger partial charge in [0, 0.05) is 11.6 Å². The van der Waals surface area contributed by atoms with Crippen molar-refractivity contribution in [2.75, 3.05) is 11.9 Å². The number of halogens is 3. The molecule has 2 aromatic rings. The number of nitro benzene ring substituents is 1. The Hall–Kier alpha value is -3.37. The Kier molecular flexibility index (Phi) is 5.76. The summed E-state index contributed by atoms with van der Waals surface area (Å²) in [6.45, 7) is 4.03. The SMILES string of the molecule is Cc1oc(C)c(C(=O)OCC(=O)Nc2ccc(C(F)(F)F)cc2[N+](=O)[O-])c1C. The molecule has 1 N–H and O–H groups in total. The maximum Gasteiger partial charge on any atom is 0.416 e. The molecule has 0 atom stereocenters. The van der Waals surface area contributed by atoms with E-state index in [9.17, 15) is 32.9 Å². The van der Waals surface area contributed by atoms with Crippen LogP contribution in [0.3, 0.4) is 0 Å². The van der Waals surface area contributed by atoms with Crippen molar-refractivity contribution in [3.05, 3.63) is 56.5 Å². The molecular formula is C17H15F3N2O6. The van der Waals surface area contributed by atoms with Crippen molar-refractivity contribution in [2.45, 2.75) is 26.9 Å². The molecule has 0 fully saturated rings. The van der Waals surface area contributed by atoms with Gasteiger partial charge < -0.3 is 14.5 Å². The highest BCUT2D eigenvalue weighted by Crippen LogP contribution is 2.35. The first-order chi connectivity index (χ1) is 12.9. The highest BCUT2D eigenvalue weighted by atomic mass is 19.4. The van der Waals surface area contributed by atoms with Gasteiger partial charge in [-0.2, -0.15) is 13.2 Å². The van der Waals surface area contributed by atoms with Crippen LogP contribution in [0.25, 0.3) is 0 Å². The summed E-state index contributed by atoms with van der Waals surface area (Å²) in [6.07, 6.45) is -4.78. The van der Waals surface area contributed by atoms with E-state index in [2.05, 4.69) is 5.32 Å². The predicted octanol–water partition coefficient (Wildman–Crippen LogP) is 3.93. The molecule has 0 aliphatic rings. The fourth-order valence-corrected chi connectivity index (χ4v) is 2.45. The molecule has 11 heteroatoms. The maximum absolute atomic E-state index is 12.7. The van der Waals surface area contributed by atoms with E-state index >= 15 is 0 Å². The minimum absolute atomic E-state index is 0.158. The molecule has 0 aliphatic carbocycles. The zero-order valence-corrected chi connectivity index (χ0v) is 15.0. The number of aryl methyl sites for hydroxylation is 2. The number of carbonyl (C=O) groups excluding carboxylic acids is 2. The minimum atomic E-state index is -4.78. The van der Waals surface area contributed by atoms with E-state index in [1.54, 1.807) is 20.8 Å². The van der Waals surface area contributed by atoms with Gasteiger partial charge in [0.05, 0.1) is 10.5 Å². The fraction of sp³-hybridized carbons (Fsp3) is 0.294. The smallest absolute Gasteiger partial charge is 0.416 e. The molecule has 0 saturated carbocycles. The van der Waals surface area contributed by atoms with E-state index in [0.717, 1.165) is 6.07 Å². The van der Waals surface area contributed by atoms with Gasteiger partial charge in [0.1, 0.15) is 22.8 Å². The lowest BCUT2D eigenvalue weighted by Crippen LogP contribution is -2.22. The maximum atomic E-state index is 12.7. The van der Waals surface area contributed by atoms with Gasteiger partial charge in [-0.15, -0.1) is 0 Å². The van der Waals surface area contributed by atoms with E-state index in [0.29, 0.717) is 29.2 Å². The second kappa shape index (κ2) is 7.71. The van der Waals surface area contributed by atoms with E-state index in [-0.39, 0.29) is 5.56 Å². The van der Waals surface area contributed by atoms with E-state index in [4.69, 9.17) is 9.15 Å². The van der Waals surface area contributed by atoms with E-state index < -0.39 is 46.5 Å². The van der Waals surface area contributed by atoms with Gasteiger partial charge in [-0.1, -0.05) is 0 Å². The third-order valence-electron chi connectivity index (χ3n) is 3.90. The Balaban J connectivity index is 2.11. The molecule has 0 saturated heterocycles. The summed E-state index contributed by atoms with van der Waals surface area (Å²) < 4.78 is 48.2. The molecule has 0 radical (unpaired) electrons. The van der Waals surface area contributed by atoms with E-state index in [1.165, 1.54) is 0 Å². The van der Waals surface area contributed by atoms with Crippen LogP contribution in [-0.2, 0) is 15.7 Å². The zero-order valence-electron chi connectivity index (χ0n) is 15.0. The minimum Gasteiger partial charge on any atom is -0.465 e. The van der Waals surface area contributed by atoms with Crippen LogP contribution in [0.15, 0.2) is 22.6 Å². The van der Waals surface area contributed by atoms with Crippen molar-refractivity contribution in [2.24, 2.45) is 0 Å². The highest BCUT2D eigenvalue weighted by Gasteiger charge is 2.33. The quantitative estimate of drug-likeness (QED) is 0.462. The molecule has 2 rings (SSSR count). The summed E-state index contributed by atoms with van der Waals surface area (Å²) in [5.74, 6) is -0.969. The Morgan fingerprint density at radius 1 is 1.21 bits per heavy atom. The zero-order chi connectivity index (χ0) is 21.2. The molecule has 1 aromatic heterocycles. The summed E-state index contributed by atoms with van der Waals surface area (Å²) >= 11 is 0. The van der Waals surface area contributed by atoms with Crippen LogP contribution in [0.4, 0.5) is 24.5 Å². The van der Waals surface area contributed by atoms with Crippen molar-refractivity contribution >= 4 is 23.3 Å². The van der Waals surface area contributed by atoms with Crippen LogP contribution in [0.1, 0.15) is 33.0 Å². The lowest BCUT2D eigenvalue weighted by atomic mass is 10.1. The number of esters is 1. The number of benzene rings is 1. The molecule has 28 heavy (non-hydrogen) atoms. The molecule has 0 unspecified atom stereocenters. The molecule has 0 spiro atoms. The fourth-order valence-electron chi connectivity index (χ4n) is 2.45. The number of nitro groups is 1. The number of hydrogen-bond acceptors (Lipinski definition) is 6. The summed E-state index contributed by atoms with van der Waals surface area (Å²) in [6, 6.07) is 1.66. The van der Waals surface area contributed by atoms with Gasteiger partial charge >= 0.3 is 12.1 Å². The third-order valence-corrected chi connectivity index (χ3v) is 3.90. The Morgan fingerprint density at radius 3 is 2.36 bits per heavy atom. The van der Waals surface area contributed by atoms with Crippen molar-refractivity contribution < 1.29 is 36.8 Å². The number of nitrogens with one attached hydrogen (secondary N) is 1. The Labute approximate surface area is 156 Å². The predicted molar refractivity (Wildman–Crippen MR) is 89.9 cm³/mol. The van der Waals surface area contributed by atoms with Gasteiger partial charge in [-0.05, 0) is 32.9 Å². The molecule has 0 aliphatic heterocycles. The molecule has 0 bridgehead atoms. The number of rotatable bonds is 5. The van der Waals surface area contributed by atoms with Crippen LogP contribution < -0.4 is 5.32 Å². The number of hydrogen-bond donors (Lipinski definition) is 1. The second-order valence-corrected chi connectivity index (χ2v) is 5.83. The molecule has 1 aromatic carbocycles. The largest absolute Gasteiger partial charge is 0.465 e. The number of carbonyl (C=O) groups is 2. The topological polar surface area (TPSA) is 112 Å². The first-order valence-electron chi connectivity index (χ1n) is 7.81. The lowest BCUT2D eigenvalue weighted by Gasteiger charge is -2.10. The van der Waals surface area contributed by atoms with Crippen molar-refractivity contribution in [3.63, 3.8) is 0 Å². The molecule has 1 amide bonds. The monoisotopic (exact) mass is 400 g/mol. The summed E-state index contributed by atoms with van der Waals surface area (Å²) in [5.41, 5.74) is -1.92. The van der Waals surface area contributed by atoms with Gasteiger partial charge in [-0.3, -0.25) is 14.9 Å². The number of ether oxygens (including phenoxy) is 1. The van der Waals surface area contributed by atoms with E-state index in [1.807, 2.05) is 0 Å². The second-order valence-electron chi connectivity index (χ2n) is 5.83. The van der Waals surface area contributed by atoms with Crippen LogP contribution in [-0.4, -0.2) is 23.4 Å². The van der Waals surface area contributed by atoms with Gasteiger partial charge in [0.25, 0.3) is 11.6 Å². The number of furan rings is 1. The summed E-state index contributed by atoms with van der Waals surface area (Å²) in [4.78, 5) is 34.0. The molecular weight excluding hydrogens is 385 g/mol. The molecule has 150 valence electrons. The number of anilines is 1. The number of alkyl halides is 3. The first-order valence-corrected chi connectivity index (χ1v) is 7.81. The molecule has 1 heterocycles. The van der Waals surface area contributed by atoms with Crippen LogP contribution in [0, 0.1) is 30.9 Å². The van der Waals surface area contributed by atoms with Crippen molar-refractivity contribution in [1.29, 1.82) is 0 Å². The van der Waals surface area contributed by atoms with Crippen LogP contribution >= 0.6 is 0 Å². The lowest BCUT2D eigenvalue weighted by molar-refractivity contribution is -0.384. The normalized spacial score (nSPS) is 11.2. The van der Waals surface area contributed by atoms with Gasteiger partial charge in [0.2, 0.25) is 0 Å². The number of nitrogens with zero attached hydrogens (tertiary/aromatic N) is 1. The summed E-state index contributed by atoms with van der Waals surface area (Å²) in [5, 5.41) is 13.1. The van der Waals surface area contributed by atoms with Crippen molar-refractivity contribution in [3.8, 4) is 0 Å². The van der Waals surface area contributed by atoms with Gasteiger partial charge in [0.15, 0.2) is 6.61 Å². The van der Waals surface area contributed by atoms with Gasteiger partial charge in [-0.25, -0.2) is 4.79 Å². The number of amides is 1. The standard InChI is InChI=1S/C17H15F3N2O6/c1-8-9(2)28-10(3)15(8)16(24)27-7-14(23)21-12-5-4-11(17(18,19)20)6-13(12)22(25)26/h4-6H,7H2,1-3H3,(H,21,23). The Bertz CT molecular complexity index is 949. The van der Waals surface area contributed by atoms with Crippen LogP contribution in [0.5, 0.6) is 0 Å². The highest BCUT2D eigenvalue weighted by molar-refractivity contribution is 5.97. The third kappa shape index (κ3) is 4.48. The van der Waals surface area contributed by atoms with Crippen LogP contribution in [0.2, 0.25) is 0 Å². The average Bonchev–Trinajstić information content (AvgIpc) is 2.84. The van der Waals surface area contributed by atoms with Crippen molar-refractivity contribution in [1.82, 2.24) is 0 Å². The average molecular weight is 400 g/mol. The summed E-state index contributed by atoms with van der Waals surface area (Å²) in [7, 11) is 0. The Morgan fingerprint density at radius 2 is 1.86 bits per heavy atom.